The highest BCUT2D eigenvalue weighted by molar-refractivity contribution is 6.07. The molecule has 1 saturated heterocycles. The van der Waals surface area contributed by atoms with E-state index in [1.807, 2.05) is 89.7 Å². The average Bonchev–Trinajstić information content (AvgIpc) is 1.56. The van der Waals surface area contributed by atoms with Crippen molar-refractivity contribution in [3.63, 3.8) is 0 Å². The van der Waals surface area contributed by atoms with Gasteiger partial charge in [0.1, 0.15) is 30.1 Å². The molecule has 600 valence electrons. The molecule has 1 spiro atoms. The Morgan fingerprint density at radius 3 is 2.04 bits per heavy atom. The number of fused-ring (bicyclic) bond motifs is 9. The minimum atomic E-state index is -1.48. The maximum Gasteiger partial charge on any atom is 0.416 e. The zero-order chi connectivity index (χ0) is 80.9. The summed E-state index contributed by atoms with van der Waals surface area (Å²) < 4.78 is 37.2. The first-order valence-corrected chi connectivity index (χ1v) is 38.8. The van der Waals surface area contributed by atoms with E-state index in [2.05, 4.69) is 69.9 Å². The van der Waals surface area contributed by atoms with Crippen molar-refractivity contribution in [2.45, 2.75) is 155 Å². The number of carbonyl (C=O) groups is 9. The Bertz CT molecular complexity index is 4860. The monoisotopic (exact) mass is 1560 g/mol. The van der Waals surface area contributed by atoms with Crippen LogP contribution in [0, 0.1) is 17.3 Å². The molecule has 6 heterocycles. The molecule has 2 fully saturated rings. The number of rotatable bonds is 29. The molecule has 13 rings (SSSR count). The van der Waals surface area contributed by atoms with E-state index in [9.17, 15) is 48.3 Å². The number of hydrogen-bond acceptors (Lipinski definition) is 19. The second-order valence-electron chi connectivity index (χ2n) is 31.1. The number of ether oxygens (including phenoxy) is 6. The number of aliphatic hydroxyl groups excluding tert-OH is 1. The van der Waals surface area contributed by atoms with Gasteiger partial charge in [0.15, 0.2) is 29.2 Å². The number of nitrogens with zero attached hydrogens (tertiary/aromatic N) is 7. The summed E-state index contributed by atoms with van der Waals surface area (Å²) in [6, 6.07) is 33.1. The summed E-state index contributed by atoms with van der Waals surface area (Å²) in [5, 5.41) is 38.1. The number of hydrogen-bond donors (Lipinski definition) is 7. The highest BCUT2D eigenvalue weighted by Crippen LogP contribution is 2.57. The third kappa shape index (κ3) is 17.2. The molecule has 0 radical (unpaired) electrons. The number of unbranched alkanes of at least 4 members (excludes halogenated alkanes) is 2. The number of aliphatic hydroxyl groups is 1. The lowest BCUT2D eigenvalue weighted by atomic mass is 9.89. The van der Waals surface area contributed by atoms with E-state index in [1.165, 1.54) is 33.3 Å². The van der Waals surface area contributed by atoms with Gasteiger partial charge in [-0.05, 0) is 148 Å². The summed E-state index contributed by atoms with van der Waals surface area (Å²) in [6.45, 7) is 13.8. The van der Waals surface area contributed by atoms with E-state index in [4.69, 9.17) is 28.4 Å². The van der Waals surface area contributed by atoms with Crippen molar-refractivity contribution >= 4 is 81.7 Å². The standard InChI is InChI=1S/C85H99N13O16/c1-49(2)75(91-73(101)44-88-72(100)43-87-71(99)30-31-74(102)95-45-54-18-12-13-19-59(54)76-77(60-20-14-15-21-64(60)95)98(93-92-76)84(6,7)50(3)4)79(104)89-51(5)78(103)90-56-26-22-52(23-27-56)47-114-83(108)97-65-40-70(68(111-10)38-62(65)81(106)96-48-85(32-33-85)41-66(96)82(97)107)113-35-17-11-16-34-112-69-39-63-61(37-67(69)110-9)80(105)94-46-55(36-57(94)42-86-63)53-24-28-58(109-8)29-25-53/h12-15,18-29,37-40,46,49-51,57,66,75,82,86,107H,11,16-17,30-36,41-45,47-48H2,1-10H3,(H,87,99)(H,88,100)(H,89,104)(H,90,103)(H,91,101)/t51-,57-,66-,75-,82-/m0/s1. The van der Waals surface area contributed by atoms with Gasteiger partial charge in [-0.15, -0.1) is 5.10 Å². The maximum atomic E-state index is 14.5. The predicted molar refractivity (Wildman–Crippen MR) is 426 cm³/mol. The molecule has 7 N–H and O–H groups in total. The number of aromatic nitrogens is 3. The Morgan fingerprint density at radius 2 is 1.35 bits per heavy atom. The molecular formula is C85H99N13O16. The molecule has 29 heteroatoms. The second-order valence-corrected chi connectivity index (χ2v) is 31.1. The fourth-order valence-corrected chi connectivity index (χ4v) is 15.1. The zero-order valence-corrected chi connectivity index (χ0v) is 65.9. The topological polar surface area (TPSA) is 345 Å². The Hall–Kier alpha value is -12.0. The molecule has 5 aliphatic heterocycles. The average molecular weight is 1560 g/mol. The Morgan fingerprint density at radius 1 is 0.684 bits per heavy atom. The largest absolute Gasteiger partial charge is 0.497 e. The first-order valence-electron chi connectivity index (χ1n) is 38.8. The highest BCUT2D eigenvalue weighted by atomic mass is 16.6. The molecule has 5 atom stereocenters. The summed E-state index contributed by atoms with van der Waals surface area (Å²) in [6.07, 6.45) is 4.01. The van der Waals surface area contributed by atoms with Crippen LogP contribution >= 0.6 is 0 Å². The number of nitrogens with one attached hydrogen (secondary N) is 6. The molecular weight excluding hydrogens is 1460 g/mol. The van der Waals surface area contributed by atoms with Crippen LogP contribution in [0.5, 0.6) is 28.7 Å². The van der Waals surface area contributed by atoms with E-state index in [-0.39, 0.29) is 90.4 Å². The SMILES string of the molecule is COc1ccc(C2=CN3C(=O)c4cc(OC)c(OCCCCCOc5cc6c(cc5OC)C(=O)N5CC7(CC7)C[C@H]5[C@H](O)N6C(=O)OCc5ccc(NC(=O)[C@H](C)NC(=O)[C@@H](NC(=O)CNC(=O)CNC(=O)CCC(=O)N6Cc7ccccc7-c7nnn(C(C)(C)C(C)C)c7-c7ccccc76)C(C)C)cc5)cc4NC[C@@H]3C2)cc1. The lowest BCUT2D eigenvalue weighted by Crippen LogP contribution is -2.55. The van der Waals surface area contributed by atoms with Crippen LogP contribution in [0.2, 0.25) is 0 Å². The second kappa shape index (κ2) is 34.1. The lowest BCUT2D eigenvalue weighted by molar-refractivity contribution is -0.132. The van der Waals surface area contributed by atoms with Crippen molar-refractivity contribution < 1.29 is 76.7 Å². The van der Waals surface area contributed by atoms with Crippen LogP contribution in [-0.4, -0.2) is 174 Å². The molecule has 6 aromatic carbocycles. The Balaban J connectivity index is 0.557. The fraction of sp³-hybridized carbons (Fsp3) is 0.424. The third-order valence-corrected chi connectivity index (χ3v) is 22.6. The minimum Gasteiger partial charge on any atom is -0.497 e. The van der Waals surface area contributed by atoms with Crippen molar-refractivity contribution in [2.75, 3.05) is 81.2 Å². The lowest BCUT2D eigenvalue weighted by Gasteiger charge is -2.33. The van der Waals surface area contributed by atoms with Gasteiger partial charge in [-0.1, -0.05) is 99.6 Å². The molecule has 9 amide bonds. The fourth-order valence-electron chi connectivity index (χ4n) is 15.1. The van der Waals surface area contributed by atoms with E-state index in [0.29, 0.717) is 97.2 Å². The van der Waals surface area contributed by atoms with Gasteiger partial charge in [0.2, 0.25) is 35.4 Å². The molecule has 6 aliphatic rings. The van der Waals surface area contributed by atoms with Crippen molar-refractivity contribution in [1.82, 2.24) is 46.1 Å². The van der Waals surface area contributed by atoms with Crippen LogP contribution in [0.4, 0.5) is 27.5 Å². The van der Waals surface area contributed by atoms with Crippen LogP contribution in [0.3, 0.4) is 0 Å². The quantitative estimate of drug-likeness (QED) is 0.0214. The molecule has 1 saturated carbocycles. The number of anilines is 4. The van der Waals surface area contributed by atoms with Crippen molar-refractivity contribution in [2.24, 2.45) is 17.3 Å². The van der Waals surface area contributed by atoms with Crippen LogP contribution in [0.25, 0.3) is 28.1 Å². The Labute approximate surface area is 661 Å². The maximum absolute atomic E-state index is 14.5. The molecule has 29 nitrogen and oxygen atoms in total. The first kappa shape index (κ1) is 80.1. The molecule has 0 unspecified atom stereocenters. The smallest absolute Gasteiger partial charge is 0.416 e. The summed E-state index contributed by atoms with van der Waals surface area (Å²) in [5.41, 5.74) is 8.31. The van der Waals surface area contributed by atoms with Gasteiger partial charge in [0, 0.05) is 61.1 Å². The third-order valence-electron chi connectivity index (χ3n) is 22.6. The van der Waals surface area contributed by atoms with Gasteiger partial charge in [0.25, 0.3) is 11.8 Å². The molecule has 1 aromatic heterocycles. The van der Waals surface area contributed by atoms with Crippen LogP contribution in [0.1, 0.15) is 144 Å². The van der Waals surface area contributed by atoms with Crippen molar-refractivity contribution in [3.05, 3.63) is 155 Å². The van der Waals surface area contributed by atoms with E-state index in [0.717, 1.165) is 57.0 Å². The number of para-hydroxylation sites is 1. The number of methoxy groups -OCH3 is 3. The van der Waals surface area contributed by atoms with Crippen LogP contribution in [-0.2, 0) is 52.2 Å². The van der Waals surface area contributed by atoms with Gasteiger partial charge in [0.05, 0.1) is 106 Å². The van der Waals surface area contributed by atoms with E-state index >= 15 is 0 Å². The highest BCUT2D eigenvalue weighted by Gasteiger charge is 2.58. The minimum absolute atomic E-state index is 0.0782. The van der Waals surface area contributed by atoms with Gasteiger partial charge in [-0.2, -0.15) is 0 Å². The van der Waals surface area contributed by atoms with Gasteiger partial charge in [-0.25, -0.2) is 14.4 Å². The normalized spacial score (nSPS) is 17.4. The van der Waals surface area contributed by atoms with Crippen LogP contribution in [0.15, 0.2) is 128 Å². The predicted octanol–water partition coefficient (Wildman–Crippen LogP) is 9.95. The summed E-state index contributed by atoms with van der Waals surface area (Å²) in [4.78, 5) is 130. The van der Waals surface area contributed by atoms with Crippen molar-refractivity contribution in [3.8, 4) is 51.3 Å². The molecule has 1 aliphatic carbocycles. The zero-order valence-electron chi connectivity index (χ0n) is 65.9. The van der Waals surface area contributed by atoms with E-state index in [1.54, 1.807) is 66.0 Å². The number of benzene rings is 6. The Kier molecular flexibility index (Phi) is 24.0. The number of amides is 9. The van der Waals surface area contributed by atoms with E-state index < -0.39 is 84.5 Å². The molecule has 0 bridgehead atoms. The number of carbonyl (C=O) groups excluding carboxylic acids is 9. The van der Waals surface area contributed by atoms with Crippen molar-refractivity contribution in [1.29, 1.82) is 0 Å². The van der Waals surface area contributed by atoms with Gasteiger partial charge >= 0.3 is 6.09 Å². The summed E-state index contributed by atoms with van der Waals surface area (Å²) >= 11 is 0. The molecule has 7 aromatic rings. The summed E-state index contributed by atoms with van der Waals surface area (Å²) in [7, 11) is 4.62. The first-order chi connectivity index (χ1) is 54.8. The molecule has 114 heavy (non-hydrogen) atoms. The van der Waals surface area contributed by atoms with Crippen LogP contribution < -0.4 is 65.4 Å². The van der Waals surface area contributed by atoms with Gasteiger partial charge in [-0.3, -0.25) is 38.4 Å². The van der Waals surface area contributed by atoms with Gasteiger partial charge < -0.3 is 80.1 Å². The summed E-state index contributed by atoms with van der Waals surface area (Å²) in [5.74, 6) is -2.10.